The fraction of sp³-hybridized carbons (Fsp3) is 0.412. The summed E-state index contributed by atoms with van der Waals surface area (Å²) in [6.45, 7) is 5.38. The van der Waals surface area contributed by atoms with E-state index >= 15 is 0 Å². The molecule has 0 radical (unpaired) electrons. The molecule has 1 saturated heterocycles. The molecule has 2 rings (SSSR count). The smallest absolute Gasteiger partial charge is 0.238 e. The Balaban J connectivity index is 1.92. The highest BCUT2D eigenvalue weighted by atomic mass is 32.2. The van der Waals surface area contributed by atoms with Crippen molar-refractivity contribution in [1.29, 1.82) is 0 Å². The Labute approximate surface area is 141 Å². The van der Waals surface area contributed by atoms with Crippen molar-refractivity contribution < 1.29 is 9.59 Å². The molecule has 1 heterocycles. The van der Waals surface area contributed by atoms with Gasteiger partial charge >= 0.3 is 0 Å². The van der Waals surface area contributed by atoms with Crippen LogP contribution in [0.15, 0.2) is 41.8 Å². The molecular weight excluding hydrogens is 310 g/mol. The molecule has 0 saturated carbocycles. The molecule has 1 aliphatic heterocycles. The minimum atomic E-state index is -0.277. The average Bonchev–Trinajstić information content (AvgIpc) is 2.54. The molecule has 1 fully saturated rings. The number of primary amides is 1. The maximum absolute atomic E-state index is 12.3. The molecule has 5 nitrogen and oxygen atoms in total. The van der Waals surface area contributed by atoms with Crippen LogP contribution < -0.4 is 11.1 Å². The fourth-order valence-electron chi connectivity index (χ4n) is 2.67. The van der Waals surface area contributed by atoms with Crippen molar-refractivity contribution in [2.75, 3.05) is 30.7 Å². The van der Waals surface area contributed by atoms with Crippen molar-refractivity contribution in [3.63, 3.8) is 0 Å². The van der Waals surface area contributed by atoms with E-state index in [-0.39, 0.29) is 24.3 Å². The monoisotopic (exact) mass is 333 g/mol. The minimum Gasteiger partial charge on any atom is -0.369 e. The van der Waals surface area contributed by atoms with Crippen LogP contribution in [-0.4, -0.2) is 42.1 Å². The van der Waals surface area contributed by atoms with E-state index in [1.54, 1.807) is 11.8 Å². The highest BCUT2D eigenvalue weighted by molar-refractivity contribution is 7.99. The summed E-state index contributed by atoms with van der Waals surface area (Å²) < 4.78 is 0. The molecule has 0 aromatic heterocycles. The van der Waals surface area contributed by atoms with Gasteiger partial charge in [0.05, 0.1) is 18.2 Å². The van der Waals surface area contributed by atoms with Crippen molar-refractivity contribution in [2.24, 2.45) is 11.7 Å². The second-order valence-corrected chi connectivity index (χ2v) is 6.68. The topological polar surface area (TPSA) is 75.4 Å². The van der Waals surface area contributed by atoms with Crippen LogP contribution >= 0.6 is 11.8 Å². The number of benzene rings is 1. The number of nitrogens with one attached hydrogen (secondary N) is 1. The molecule has 23 heavy (non-hydrogen) atoms. The lowest BCUT2D eigenvalue weighted by atomic mass is 9.97. The van der Waals surface area contributed by atoms with Crippen LogP contribution in [-0.2, 0) is 9.59 Å². The second-order valence-electron chi connectivity index (χ2n) is 5.62. The van der Waals surface area contributed by atoms with Crippen LogP contribution in [0.2, 0.25) is 0 Å². The molecule has 0 aliphatic carbocycles. The molecular formula is C17H23N3O2S. The molecule has 1 aromatic carbocycles. The van der Waals surface area contributed by atoms with Gasteiger partial charge in [0, 0.05) is 17.2 Å². The number of piperidine rings is 1. The van der Waals surface area contributed by atoms with Gasteiger partial charge in [0.25, 0.3) is 0 Å². The summed E-state index contributed by atoms with van der Waals surface area (Å²) in [5, 5.41) is 2.96. The van der Waals surface area contributed by atoms with E-state index in [2.05, 4.69) is 11.9 Å². The first-order valence-electron chi connectivity index (χ1n) is 7.74. The van der Waals surface area contributed by atoms with Gasteiger partial charge in [-0.1, -0.05) is 18.2 Å². The highest BCUT2D eigenvalue weighted by Gasteiger charge is 2.25. The van der Waals surface area contributed by atoms with Gasteiger partial charge in [-0.15, -0.1) is 18.3 Å². The van der Waals surface area contributed by atoms with E-state index < -0.39 is 0 Å². The summed E-state index contributed by atoms with van der Waals surface area (Å²) in [4.78, 5) is 26.6. The van der Waals surface area contributed by atoms with Gasteiger partial charge in [-0.3, -0.25) is 14.5 Å². The maximum atomic E-state index is 12.3. The van der Waals surface area contributed by atoms with Crippen LogP contribution in [0.5, 0.6) is 0 Å². The van der Waals surface area contributed by atoms with Gasteiger partial charge in [0.2, 0.25) is 11.8 Å². The largest absolute Gasteiger partial charge is 0.369 e. The number of amides is 2. The summed E-state index contributed by atoms with van der Waals surface area (Å²) >= 11 is 1.63. The first-order valence-corrected chi connectivity index (χ1v) is 8.73. The zero-order valence-electron chi connectivity index (χ0n) is 13.2. The third kappa shape index (κ3) is 5.41. The van der Waals surface area contributed by atoms with Gasteiger partial charge in [0.1, 0.15) is 0 Å². The lowest BCUT2D eigenvalue weighted by molar-refractivity contribution is -0.125. The predicted octanol–water partition coefficient (Wildman–Crippen LogP) is 2.10. The number of hydrogen-bond donors (Lipinski definition) is 2. The predicted molar refractivity (Wildman–Crippen MR) is 94.4 cm³/mol. The SMILES string of the molecule is C=CCSc1ccccc1NC(=O)CN1CCC[C@H](C(N)=O)C1. The van der Waals surface area contributed by atoms with Gasteiger partial charge in [-0.2, -0.15) is 0 Å². The lowest BCUT2D eigenvalue weighted by Gasteiger charge is -2.30. The number of nitrogens with two attached hydrogens (primary N) is 1. The zero-order valence-corrected chi connectivity index (χ0v) is 14.0. The van der Waals surface area contributed by atoms with E-state index in [9.17, 15) is 9.59 Å². The third-order valence-corrected chi connectivity index (χ3v) is 4.86. The number of para-hydroxylation sites is 1. The van der Waals surface area contributed by atoms with Crippen molar-refractivity contribution in [3.8, 4) is 0 Å². The van der Waals surface area contributed by atoms with E-state index in [0.29, 0.717) is 6.54 Å². The normalized spacial score (nSPS) is 18.3. The van der Waals surface area contributed by atoms with Gasteiger partial charge < -0.3 is 11.1 Å². The summed E-state index contributed by atoms with van der Waals surface area (Å²) in [6, 6.07) is 7.72. The standard InChI is InChI=1S/C17H23N3O2S/c1-2-10-23-15-8-4-3-7-14(15)19-16(21)12-20-9-5-6-13(11-20)17(18)22/h2-4,7-8,13H,1,5-6,9-12H2,(H2,18,22)(H,19,21)/t13-/m0/s1. The summed E-state index contributed by atoms with van der Waals surface area (Å²) in [7, 11) is 0. The zero-order chi connectivity index (χ0) is 16.7. The first kappa shape index (κ1) is 17.6. The van der Waals surface area contributed by atoms with E-state index in [1.165, 1.54) is 0 Å². The molecule has 124 valence electrons. The molecule has 1 atom stereocenters. The fourth-order valence-corrected chi connectivity index (χ4v) is 3.42. The Morgan fingerprint density at radius 2 is 2.22 bits per heavy atom. The van der Waals surface area contributed by atoms with Crippen LogP contribution in [0.3, 0.4) is 0 Å². The van der Waals surface area contributed by atoms with Gasteiger partial charge in [-0.05, 0) is 31.5 Å². The number of anilines is 1. The van der Waals surface area contributed by atoms with E-state index in [0.717, 1.165) is 35.7 Å². The van der Waals surface area contributed by atoms with Crippen molar-refractivity contribution in [3.05, 3.63) is 36.9 Å². The lowest BCUT2D eigenvalue weighted by Crippen LogP contribution is -2.44. The first-order chi connectivity index (χ1) is 11.1. The number of carbonyl (C=O) groups is 2. The van der Waals surface area contributed by atoms with E-state index in [1.807, 2.05) is 35.2 Å². The molecule has 0 unspecified atom stereocenters. The van der Waals surface area contributed by atoms with Gasteiger partial charge in [0.15, 0.2) is 0 Å². The molecule has 0 bridgehead atoms. The van der Waals surface area contributed by atoms with Crippen molar-refractivity contribution in [1.82, 2.24) is 4.90 Å². The van der Waals surface area contributed by atoms with Crippen LogP contribution in [0.1, 0.15) is 12.8 Å². The number of thioether (sulfide) groups is 1. The summed E-state index contributed by atoms with van der Waals surface area (Å²) in [6.07, 6.45) is 3.54. The maximum Gasteiger partial charge on any atom is 0.238 e. The average molecular weight is 333 g/mol. The number of hydrogen-bond acceptors (Lipinski definition) is 4. The number of rotatable bonds is 7. The second kappa shape index (κ2) is 8.74. The summed E-state index contributed by atoms with van der Waals surface area (Å²) in [5.74, 6) is 0.300. The van der Waals surface area contributed by atoms with Crippen LogP contribution in [0.25, 0.3) is 0 Å². The van der Waals surface area contributed by atoms with Crippen LogP contribution in [0.4, 0.5) is 5.69 Å². The number of likely N-dealkylation sites (tertiary alicyclic amines) is 1. The van der Waals surface area contributed by atoms with Gasteiger partial charge in [-0.25, -0.2) is 0 Å². The van der Waals surface area contributed by atoms with E-state index in [4.69, 9.17) is 5.73 Å². The molecule has 1 aliphatic rings. The molecule has 2 amide bonds. The third-order valence-electron chi connectivity index (χ3n) is 3.79. The number of nitrogens with zero attached hydrogens (tertiary/aromatic N) is 1. The minimum absolute atomic E-state index is 0.0678. The number of carbonyl (C=O) groups excluding carboxylic acids is 2. The quantitative estimate of drug-likeness (QED) is 0.592. The van der Waals surface area contributed by atoms with Crippen molar-refractivity contribution >= 4 is 29.3 Å². The van der Waals surface area contributed by atoms with Crippen molar-refractivity contribution in [2.45, 2.75) is 17.7 Å². The Morgan fingerprint density at radius 3 is 2.96 bits per heavy atom. The molecule has 6 heteroatoms. The molecule has 3 N–H and O–H groups in total. The Kier molecular flexibility index (Phi) is 6.67. The molecule has 0 spiro atoms. The highest BCUT2D eigenvalue weighted by Crippen LogP contribution is 2.27. The Bertz CT molecular complexity index is 577. The Hall–Kier alpha value is -1.79. The molecule has 1 aromatic rings. The summed E-state index contributed by atoms with van der Waals surface area (Å²) in [5.41, 5.74) is 6.19. The van der Waals surface area contributed by atoms with Crippen LogP contribution in [0, 0.1) is 5.92 Å². The Morgan fingerprint density at radius 1 is 1.43 bits per heavy atom.